The summed E-state index contributed by atoms with van der Waals surface area (Å²) in [5.74, 6) is 0.967. The zero-order valence-corrected chi connectivity index (χ0v) is 18.3. The average molecular weight is 425 g/mol. The highest BCUT2D eigenvalue weighted by Gasteiger charge is 2.21. The number of aromatic hydroxyl groups is 1. The van der Waals surface area contributed by atoms with Crippen LogP contribution in [0.1, 0.15) is 42.1 Å². The topological polar surface area (TPSA) is 61.3 Å². The van der Waals surface area contributed by atoms with E-state index in [-0.39, 0.29) is 11.8 Å². The van der Waals surface area contributed by atoms with Crippen LogP contribution in [0.5, 0.6) is 5.75 Å². The number of piperidine rings is 1. The fourth-order valence-corrected chi connectivity index (χ4v) is 4.49. The van der Waals surface area contributed by atoms with Crippen LogP contribution in [-0.2, 0) is 0 Å². The van der Waals surface area contributed by atoms with Crippen molar-refractivity contribution < 1.29 is 5.11 Å². The zero-order valence-electron chi connectivity index (χ0n) is 18.3. The van der Waals surface area contributed by atoms with E-state index in [1.54, 1.807) is 6.20 Å². The number of rotatable bonds is 5. The van der Waals surface area contributed by atoms with Gasteiger partial charge in [-0.3, -0.25) is 0 Å². The number of phenols is 1. The molecule has 0 radical (unpaired) electrons. The Hall–Kier alpha value is -3.60. The van der Waals surface area contributed by atoms with Gasteiger partial charge in [-0.2, -0.15) is 0 Å². The second-order valence-corrected chi connectivity index (χ2v) is 8.46. The third-order valence-electron chi connectivity index (χ3n) is 6.22. The van der Waals surface area contributed by atoms with E-state index in [9.17, 15) is 5.11 Å². The van der Waals surface area contributed by atoms with Crippen molar-refractivity contribution in [2.24, 2.45) is 0 Å². The van der Waals surface area contributed by atoms with E-state index in [0.29, 0.717) is 5.52 Å². The summed E-state index contributed by atoms with van der Waals surface area (Å²) in [7, 11) is 0. The number of hydrogen-bond acceptors (Lipinski definition) is 5. The van der Waals surface area contributed by atoms with Gasteiger partial charge in [0.25, 0.3) is 0 Å². The molecule has 1 atom stereocenters. The molecular weight excluding hydrogens is 396 g/mol. The predicted molar refractivity (Wildman–Crippen MR) is 130 cm³/mol. The zero-order chi connectivity index (χ0) is 21.9. The van der Waals surface area contributed by atoms with Gasteiger partial charge in [-0.05, 0) is 62.1 Å². The largest absolute Gasteiger partial charge is 0.505 e. The van der Waals surface area contributed by atoms with Crippen LogP contribution in [0.15, 0.2) is 72.9 Å². The minimum atomic E-state index is -0.257. The Balaban J connectivity index is 1.55. The smallest absolute Gasteiger partial charge is 0.147 e. The van der Waals surface area contributed by atoms with Crippen LogP contribution < -0.4 is 10.2 Å². The van der Waals surface area contributed by atoms with Crippen LogP contribution in [0.25, 0.3) is 10.9 Å². The van der Waals surface area contributed by atoms with Gasteiger partial charge >= 0.3 is 0 Å². The lowest BCUT2D eigenvalue weighted by atomic mass is 9.95. The summed E-state index contributed by atoms with van der Waals surface area (Å²) in [6.45, 7) is 4.17. The first-order valence-corrected chi connectivity index (χ1v) is 11.3. The van der Waals surface area contributed by atoms with E-state index in [1.165, 1.54) is 24.9 Å². The Morgan fingerprint density at radius 1 is 0.906 bits per heavy atom. The van der Waals surface area contributed by atoms with Crippen molar-refractivity contribution in [3.8, 4) is 5.75 Å². The number of nitrogens with zero attached hydrogens (tertiary/aromatic N) is 3. The summed E-state index contributed by atoms with van der Waals surface area (Å²) in [6.07, 6.45) is 5.59. The summed E-state index contributed by atoms with van der Waals surface area (Å²) in [5.41, 5.74) is 4.61. The van der Waals surface area contributed by atoms with Gasteiger partial charge in [0.05, 0.1) is 6.04 Å². The maximum atomic E-state index is 11.2. The van der Waals surface area contributed by atoms with Crippen molar-refractivity contribution >= 4 is 22.4 Å². The van der Waals surface area contributed by atoms with Crippen LogP contribution in [-0.4, -0.2) is 28.2 Å². The number of aryl methyl sites for hydroxylation is 1. The number of fused-ring (bicyclic) bond motifs is 1. The molecule has 3 heterocycles. The molecule has 2 aromatic heterocycles. The molecule has 0 saturated carbocycles. The molecule has 0 amide bonds. The van der Waals surface area contributed by atoms with Crippen molar-refractivity contribution in [3.63, 3.8) is 0 Å². The standard InChI is InChI=1S/C27H28N4O/c1-19-8-9-21-12-15-23(27(32)26(21)29-19)25(30-24-7-3-4-16-28-24)20-10-13-22(14-11-20)31-17-5-2-6-18-31/h3-4,7-16,25,32H,2,5-6,17-18H2,1H3,(H,28,30). The van der Waals surface area contributed by atoms with E-state index in [0.717, 1.165) is 41.1 Å². The number of hydrogen-bond donors (Lipinski definition) is 2. The SMILES string of the molecule is Cc1ccc2ccc(C(Nc3ccccn3)c3ccc(N4CCCCC4)cc3)c(O)c2n1. The first-order chi connectivity index (χ1) is 15.7. The lowest BCUT2D eigenvalue weighted by Gasteiger charge is -2.29. The van der Waals surface area contributed by atoms with Crippen LogP contribution in [0.4, 0.5) is 11.5 Å². The first kappa shape index (κ1) is 20.3. The fraction of sp³-hybridized carbons (Fsp3) is 0.259. The Morgan fingerprint density at radius 2 is 1.69 bits per heavy atom. The summed E-state index contributed by atoms with van der Waals surface area (Å²) in [4.78, 5) is 11.5. The molecular formula is C27H28N4O. The summed E-state index contributed by atoms with van der Waals surface area (Å²) in [6, 6.07) is 22.2. The number of nitrogens with one attached hydrogen (secondary N) is 1. The molecule has 4 aromatic rings. The second kappa shape index (κ2) is 8.87. The maximum Gasteiger partial charge on any atom is 0.147 e. The highest BCUT2D eigenvalue weighted by atomic mass is 16.3. The molecule has 0 aliphatic carbocycles. The minimum Gasteiger partial charge on any atom is -0.505 e. The molecule has 1 unspecified atom stereocenters. The number of benzene rings is 2. The Kier molecular flexibility index (Phi) is 5.63. The van der Waals surface area contributed by atoms with Gasteiger partial charge in [-0.25, -0.2) is 9.97 Å². The van der Waals surface area contributed by atoms with Gasteiger partial charge in [-0.1, -0.05) is 36.4 Å². The molecule has 1 saturated heterocycles. The van der Waals surface area contributed by atoms with E-state index in [2.05, 4.69) is 44.5 Å². The molecule has 5 heteroatoms. The Labute approximate surface area is 188 Å². The number of pyridine rings is 2. The number of phenolic OH excluding ortho intramolecular Hbond substituents is 1. The third kappa shape index (κ3) is 4.11. The van der Waals surface area contributed by atoms with Gasteiger partial charge in [0.15, 0.2) is 0 Å². The predicted octanol–water partition coefficient (Wildman–Crippen LogP) is 5.84. The molecule has 2 aromatic carbocycles. The average Bonchev–Trinajstić information content (AvgIpc) is 2.85. The molecule has 1 aliphatic rings. The van der Waals surface area contributed by atoms with Crippen molar-refractivity contribution in [1.82, 2.24) is 9.97 Å². The first-order valence-electron chi connectivity index (χ1n) is 11.3. The monoisotopic (exact) mass is 424 g/mol. The number of aromatic nitrogens is 2. The second-order valence-electron chi connectivity index (χ2n) is 8.46. The molecule has 1 fully saturated rings. The van der Waals surface area contributed by atoms with E-state index in [4.69, 9.17) is 0 Å². The van der Waals surface area contributed by atoms with Crippen LogP contribution in [0.3, 0.4) is 0 Å². The molecule has 32 heavy (non-hydrogen) atoms. The molecule has 0 spiro atoms. The molecule has 162 valence electrons. The minimum absolute atomic E-state index is 0.208. The highest BCUT2D eigenvalue weighted by molar-refractivity contribution is 5.86. The highest BCUT2D eigenvalue weighted by Crippen LogP contribution is 2.37. The molecule has 1 aliphatic heterocycles. The molecule has 2 N–H and O–H groups in total. The van der Waals surface area contributed by atoms with Crippen molar-refractivity contribution in [3.05, 3.63) is 89.7 Å². The van der Waals surface area contributed by atoms with E-state index < -0.39 is 0 Å². The van der Waals surface area contributed by atoms with Crippen molar-refractivity contribution in [2.45, 2.75) is 32.2 Å². The van der Waals surface area contributed by atoms with Gasteiger partial charge in [0, 0.05) is 41.6 Å². The lowest BCUT2D eigenvalue weighted by Crippen LogP contribution is -2.29. The van der Waals surface area contributed by atoms with Crippen LogP contribution >= 0.6 is 0 Å². The molecule has 5 rings (SSSR count). The van der Waals surface area contributed by atoms with Crippen LogP contribution in [0, 0.1) is 6.92 Å². The van der Waals surface area contributed by atoms with Gasteiger partial charge in [0.2, 0.25) is 0 Å². The fourth-order valence-electron chi connectivity index (χ4n) is 4.49. The summed E-state index contributed by atoms with van der Waals surface area (Å²) in [5, 5.41) is 15.7. The van der Waals surface area contributed by atoms with E-state index >= 15 is 0 Å². The summed E-state index contributed by atoms with van der Waals surface area (Å²) < 4.78 is 0. The Morgan fingerprint density at radius 3 is 2.44 bits per heavy atom. The van der Waals surface area contributed by atoms with Gasteiger partial charge < -0.3 is 15.3 Å². The van der Waals surface area contributed by atoms with Crippen molar-refractivity contribution in [1.29, 1.82) is 0 Å². The molecule has 0 bridgehead atoms. The normalized spacial score (nSPS) is 15.0. The Bertz CT molecular complexity index is 1200. The van der Waals surface area contributed by atoms with Crippen molar-refractivity contribution in [2.75, 3.05) is 23.3 Å². The van der Waals surface area contributed by atoms with Gasteiger partial charge in [0.1, 0.15) is 17.1 Å². The van der Waals surface area contributed by atoms with E-state index in [1.807, 2.05) is 49.4 Å². The lowest BCUT2D eigenvalue weighted by molar-refractivity contribution is 0.471. The maximum absolute atomic E-state index is 11.2. The van der Waals surface area contributed by atoms with Crippen LogP contribution in [0.2, 0.25) is 0 Å². The number of anilines is 2. The summed E-state index contributed by atoms with van der Waals surface area (Å²) >= 11 is 0. The van der Waals surface area contributed by atoms with Gasteiger partial charge in [-0.15, -0.1) is 0 Å². The quantitative estimate of drug-likeness (QED) is 0.422. The molecule has 5 nitrogen and oxygen atoms in total. The third-order valence-corrected chi connectivity index (χ3v) is 6.22.